The van der Waals surface area contributed by atoms with E-state index in [4.69, 9.17) is 9.47 Å². The minimum atomic E-state index is -0.440. The molecule has 1 fully saturated rings. The van der Waals surface area contributed by atoms with Gasteiger partial charge in [0.15, 0.2) is 6.29 Å². The van der Waals surface area contributed by atoms with Gasteiger partial charge >= 0.3 is 0 Å². The summed E-state index contributed by atoms with van der Waals surface area (Å²) in [7, 11) is 1.62. The van der Waals surface area contributed by atoms with Crippen LogP contribution >= 0.6 is 0 Å². The molecule has 144 valence electrons. The smallest absolute Gasteiger partial charge is 0.241 e. The number of carbonyl (C=O) groups excluding carboxylic acids is 1. The molecule has 1 aliphatic rings. The monoisotopic (exact) mass is 370 g/mol. The lowest BCUT2D eigenvalue weighted by Crippen LogP contribution is -2.68. The molecular formula is C20H26N4O3. The zero-order valence-corrected chi connectivity index (χ0v) is 15.8. The summed E-state index contributed by atoms with van der Waals surface area (Å²) in [6, 6.07) is 13.3. The molecule has 3 rings (SSSR count). The molecule has 1 aliphatic heterocycles. The number of hydrogen-bond donors (Lipinski definition) is 4. The van der Waals surface area contributed by atoms with E-state index in [0.717, 1.165) is 22.6 Å². The molecule has 1 heterocycles. The number of aryl methyl sites for hydroxylation is 1. The Morgan fingerprint density at radius 1 is 1.11 bits per heavy atom. The van der Waals surface area contributed by atoms with Crippen molar-refractivity contribution in [3.05, 3.63) is 53.6 Å². The second kappa shape index (κ2) is 8.75. The second-order valence-electron chi connectivity index (χ2n) is 6.41. The fourth-order valence-corrected chi connectivity index (χ4v) is 2.96. The summed E-state index contributed by atoms with van der Waals surface area (Å²) in [6.07, 6.45) is 0.135. The zero-order valence-electron chi connectivity index (χ0n) is 15.8. The van der Waals surface area contributed by atoms with E-state index in [2.05, 4.69) is 21.5 Å². The lowest BCUT2D eigenvalue weighted by molar-refractivity contribution is -0.126. The Balaban J connectivity index is 1.57. The summed E-state index contributed by atoms with van der Waals surface area (Å²) < 4.78 is 10.8. The number of carbonyl (C=O) groups is 1. The molecule has 2 unspecified atom stereocenters. The molecule has 1 saturated heterocycles. The van der Waals surface area contributed by atoms with E-state index in [1.165, 1.54) is 0 Å². The largest absolute Gasteiger partial charge is 0.495 e. The molecule has 0 aliphatic carbocycles. The highest BCUT2D eigenvalue weighted by molar-refractivity contribution is 5.83. The summed E-state index contributed by atoms with van der Waals surface area (Å²) in [5, 5.41) is 6.16. The van der Waals surface area contributed by atoms with Crippen molar-refractivity contribution in [2.45, 2.75) is 32.6 Å². The van der Waals surface area contributed by atoms with Gasteiger partial charge in [-0.25, -0.2) is 10.9 Å². The van der Waals surface area contributed by atoms with Gasteiger partial charge in [0.25, 0.3) is 0 Å². The minimum Gasteiger partial charge on any atom is -0.495 e. The maximum Gasteiger partial charge on any atom is 0.241 e. The summed E-state index contributed by atoms with van der Waals surface area (Å²) in [5.74, 6) is 1.47. The molecule has 4 N–H and O–H groups in total. The molecule has 0 bridgehead atoms. The molecule has 0 radical (unpaired) electrons. The van der Waals surface area contributed by atoms with Crippen molar-refractivity contribution in [2.75, 3.05) is 19.0 Å². The quantitative estimate of drug-likeness (QED) is 0.596. The number of ether oxygens (including phenoxy) is 2. The van der Waals surface area contributed by atoms with E-state index in [-0.39, 0.29) is 11.9 Å². The van der Waals surface area contributed by atoms with Crippen LogP contribution in [0.5, 0.6) is 11.5 Å². The van der Waals surface area contributed by atoms with Crippen molar-refractivity contribution >= 4 is 11.6 Å². The third kappa shape index (κ3) is 4.90. The van der Waals surface area contributed by atoms with Gasteiger partial charge < -0.3 is 20.1 Å². The van der Waals surface area contributed by atoms with Gasteiger partial charge in [0, 0.05) is 0 Å². The van der Waals surface area contributed by atoms with E-state index in [9.17, 15) is 4.79 Å². The first-order valence-corrected chi connectivity index (χ1v) is 9.03. The van der Waals surface area contributed by atoms with Crippen LogP contribution in [-0.2, 0) is 11.2 Å². The number of anilines is 1. The molecule has 2 aromatic carbocycles. The summed E-state index contributed by atoms with van der Waals surface area (Å²) in [4.78, 5) is 12.5. The van der Waals surface area contributed by atoms with Crippen molar-refractivity contribution < 1.29 is 14.3 Å². The van der Waals surface area contributed by atoms with E-state index in [0.29, 0.717) is 18.8 Å². The van der Waals surface area contributed by atoms with Crippen molar-refractivity contribution in [1.82, 2.24) is 16.2 Å². The van der Waals surface area contributed by atoms with Crippen molar-refractivity contribution in [1.29, 1.82) is 0 Å². The lowest BCUT2D eigenvalue weighted by Gasteiger charge is -2.32. The highest BCUT2D eigenvalue weighted by Crippen LogP contribution is 2.25. The fraction of sp³-hybridized carbons (Fsp3) is 0.350. The Labute approximate surface area is 159 Å². The Hall–Kier alpha value is -2.77. The van der Waals surface area contributed by atoms with E-state index in [1.807, 2.05) is 56.3 Å². The average molecular weight is 370 g/mol. The topological polar surface area (TPSA) is 83.7 Å². The first kappa shape index (κ1) is 19.0. The SMILES string of the molecule is CCOc1ccc(CC2NNC(Nc3cc(C)ccc3OC)NC2=O)cc1. The van der Waals surface area contributed by atoms with E-state index in [1.54, 1.807) is 7.11 Å². The first-order chi connectivity index (χ1) is 13.1. The Morgan fingerprint density at radius 3 is 2.56 bits per heavy atom. The number of hydrogen-bond acceptors (Lipinski definition) is 6. The highest BCUT2D eigenvalue weighted by atomic mass is 16.5. The van der Waals surface area contributed by atoms with Crippen molar-refractivity contribution in [2.24, 2.45) is 0 Å². The number of amides is 1. The molecule has 27 heavy (non-hydrogen) atoms. The number of methoxy groups -OCH3 is 1. The molecule has 0 aromatic heterocycles. The van der Waals surface area contributed by atoms with Crippen LogP contribution in [0.2, 0.25) is 0 Å². The standard InChI is InChI=1S/C20H26N4O3/c1-4-27-15-8-6-14(7-9-15)12-17-19(25)22-20(24-23-17)21-16-11-13(2)5-10-18(16)26-3/h5-11,17,20-21,23-24H,4,12H2,1-3H3,(H,22,25). The van der Waals surface area contributed by atoms with Crippen molar-refractivity contribution in [3.63, 3.8) is 0 Å². The molecule has 0 saturated carbocycles. The van der Waals surface area contributed by atoms with Crippen LogP contribution in [-0.4, -0.2) is 32.0 Å². The Morgan fingerprint density at radius 2 is 1.89 bits per heavy atom. The number of rotatable bonds is 7. The summed E-state index contributed by atoms with van der Waals surface area (Å²) >= 11 is 0. The van der Waals surface area contributed by atoms with Gasteiger partial charge in [-0.05, 0) is 55.7 Å². The van der Waals surface area contributed by atoms with Gasteiger partial charge in [0.1, 0.15) is 17.5 Å². The van der Waals surface area contributed by atoms with Gasteiger partial charge in [-0.15, -0.1) is 0 Å². The van der Waals surface area contributed by atoms with E-state index < -0.39 is 6.29 Å². The third-order valence-electron chi connectivity index (χ3n) is 4.33. The highest BCUT2D eigenvalue weighted by Gasteiger charge is 2.27. The van der Waals surface area contributed by atoms with Gasteiger partial charge in [0.2, 0.25) is 5.91 Å². The normalized spacial score (nSPS) is 19.3. The summed E-state index contributed by atoms with van der Waals surface area (Å²) in [5.41, 5.74) is 9.14. The Kier molecular flexibility index (Phi) is 6.16. The lowest BCUT2D eigenvalue weighted by atomic mass is 10.1. The number of nitrogens with one attached hydrogen (secondary N) is 4. The molecule has 2 aromatic rings. The van der Waals surface area contributed by atoms with Crippen LogP contribution in [0.3, 0.4) is 0 Å². The van der Waals surface area contributed by atoms with Crippen LogP contribution in [0.25, 0.3) is 0 Å². The number of hydrazine groups is 1. The van der Waals surface area contributed by atoms with Gasteiger partial charge in [-0.1, -0.05) is 18.2 Å². The third-order valence-corrected chi connectivity index (χ3v) is 4.33. The van der Waals surface area contributed by atoms with Crippen LogP contribution < -0.4 is 31.0 Å². The zero-order chi connectivity index (χ0) is 19.2. The predicted octanol–water partition coefficient (Wildman–Crippen LogP) is 1.93. The van der Waals surface area contributed by atoms with Crippen molar-refractivity contribution in [3.8, 4) is 11.5 Å². The van der Waals surface area contributed by atoms with E-state index >= 15 is 0 Å². The number of benzene rings is 2. The first-order valence-electron chi connectivity index (χ1n) is 9.03. The maximum atomic E-state index is 12.5. The molecule has 1 amide bonds. The van der Waals surface area contributed by atoms with Crippen LogP contribution in [0.1, 0.15) is 18.1 Å². The van der Waals surface area contributed by atoms with Gasteiger partial charge in [-0.2, -0.15) is 0 Å². The fourth-order valence-electron chi connectivity index (χ4n) is 2.96. The Bertz CT molecular complexity index is 779. The molecule has 7 nitrogen and oxygen atoms in total. The van der Waals surface area contributed by atoms with Gasteiger partial charge in [0.05, 0.1) is 19.4 Å². The van der Waals surface area contributed by atoms with Crippen LogP contribution in [0, 0.1) is 6.92 Å². The van der Waals surface area contributed by atoms with Gasteiger partial charge in [-0.3, -0.25) is 4.79 Å². The average Bonchev–Trinajstić information content (AvgIpc) is 2.66. The summed E-state index contributed by atoms with van der Waals surface area (Å²) in [6.45, 7) is 4.59. The molecule has 7 heteroatoms. The predicted molar refractivity (Wildman–Crippen MR) is 105 cm³/mol. The molecular weight excluding hydrogens is 344 g/mol. The molecule has 2 atom stereocenters. The van der Waals surface area contributed by atoms with Crippen LogP contribution in [0.4, 0.5) is 5.69 Å². The maximum absolute atomic E-state index is 12.5. The van der Waals surface area contributed by atoms with Crippen LogP contribution in [0.15, 0.2) is 42.5 Å². The second-order valence-corrected chi connectivity index (χ2v) is 6.41. The minimum absolute atomic E-state index is 0.0771. The molecule has 0 spiro atoms.